The zero-order valence-corrected chi connectivity index (χ0v) is 25.6. The van der Waals surface area contributed by atoms with E-state index in [0.717, 1.165) is 38.5 Å². The summed E-state index contributed by atoms with van der Waals surface area (Å²) < 4.78 is 24.3. The molecule has 0 aliphatic carbocycles. The fourth-order valence-electron chi connectivity index (χ4n) is 4.91. The molecule has 0 spiro atoms. The molecule has 10 nitrogen and oxygen atoms in total. The summed E-state index contributed by atoms with van der Waals surface area (Å²) in [5, 5.41) is 19.7. The molecule has 0 radical (unpaired) electrons. The lowest BCUT2D eigenvalue weighted by atomic mass is 9.92. The first-order valence-corrected chi connectivity index (χ1v) is 16.2. The Hall–Kier alpha value is -1.74. The third-order valence-electron chi connectivity index (χ3n) is 6.89. The summed E-state index contributed by atoms with van der Waals surface area (Å²) in [5.74, 6) is -3.33. The van der Waals surface area contributed by atoms with Crippen molar-refractivity contribution in [3.63, 3.8) is 0 Å². The van der Waals surface area contributed by atoms with E-state index >= 15 is 0 Å². The largest absolute Gasteiger partial charge is 0.379 e. The number of aliphatic hydroxyl groups is 1. The molecule has 1 rings (SSSR count). The highest BCUT2D eigenvalue weighted by Gasteiger charge is 2.43. The van der Waals surface area contributed by atoms with Crippen LogP contribution in [0.3, 0.4) is 0 Å². The predicted octanol–water partition coefficient (Wildman–Crippen LogP) is 4.28. The van der Waals surface area contributed by atoms with Crippen molar-refractivity contribution in [2.75, 3.05) is 20.3 Å². The number of carbonyl (C=O) groups is 3. The Labute approximate surface area is 235 Å². The van der Waals surface area contributed by atoms with Gasteiger partial charge in [0.15, 0.2) is 5.85 Å². The van der Waals surface area contributed by atoms with Gasteiger partial charge in [-0.05, 0) is 64.7 Å². The number of hydrogen-bond donors (Lipinski definition) is 4. The summed E-state index contributed by atoms with van der Waals surface area (Å²) in [7, 11) is -2.52. The Balaban J connectivity index is 3.49. The van der Waals surface area contributed by atoms with Gasteiger partial charge in [-0.2, -0.15) is 0 Å². The summed E-state index contributed by atoms with van der Waals surface area (Å²) in [6.45, 7) is 9.28. The number of nitrogens with one attached hydrogen (secondary N) is 3. The molecule has 226 valence electrons. The van der Waals surface area contributed by atoms with Crippen LogP contribution in [0.4, 0.5) is 0 Å². The molecule has 3 amide bonds. The second-order valence-corrected chi connectivity index (χ2v) is 12.7. The number of aliphatic hydroxyl groups excluding tert-OH is 1. The second kappa shape index (κ2) is 18.6. The molecular formula is C28H52N3O7P. The van der Waals surface area contributed by atoms with Crippen molar-refractivity contribution in [1.29, 1.82) is 0 Å². The van der Waals surface area contributed by atoms with Gasteiger partial charge in [-0.3, -0.25) is 18.9 Å². The summed E-state index contributed by atoms with van der Waals surface area (Å²) in [6, 6.07) is -1.97. The van der Waals surface area contributed by atoms with E-state index in [1.807, 2.05) is 32.9 Å². The molecule has 0 aromatic carbocycles. The number of hydrogen-bond acceptors (Lipinski definition) is 7. The van der Waals surface area contributed by atoms with Gasteiger partial charge in [0.05, 0.1) is 19.3 Å². The van der Waals surface area contributed by atoms with E-state index < -0.39 is 37.3 Å². The monoisotopic (exact) mass is 573 g/mol. The van der Waals surface area contributed by atoms with Crippen molar-refractivity contribution in [1.82, 2.24) is 16.0 Å². The summed E-state index contributed by atoms with van der Waals surface area (Å²) >= 11 is 0. The minimum absolute atomic E-state index is 0.00185. The molecule has 0 aromatic heterocycles. The van der Waals surface area contributed by atoms with Crippen LogP contribution in [0, 0.1) is 17.8 Å². The number of carbonyl (C=O) groups excluding carboxylic acids is 3. The highest BCUT2D eigenvalue weighted by atomic mass is 31.2. The molecule has 1 aliphatic rings. The van der Waals surface area contributed by atoms with Gasteiger partial charge in [0.25, 0.3) is 0 Å². The second-order valence-electron chi connectivity index (χ2n) is 10.6. The Morgan fingerprint density at radius 1 is 1.10 bits per heavy atom. The summed E-state index contributed by atoms with van der Waals surface area (Å²) in [6.07, 6.45) is 9.68. The van der Waals surface area contributed by atoms with Gasteiger partial charge in [-0.15, -0.1) is 0 Å². The Kier molecular flexibility index (Phi) is 16.8. The summed E-state index contributed by atoms with van der Waals surface area (Å²) in [4.78, 5) is 39.7. The van der Waals surface area contributed by atoms with Gasteiger partial charge in [-0.1, -0.05) is 45.8 Å². The molecule has 0 fully saturated rings. The maximum absolute atomic E-state index is 13.6. The van der Waals surface area contributed by atoms with E-state index in [9.17, 15) is 24.1 Å². The van der Waals surface area contributed by atoms with Crippen LogP contribution in [0.1, 0.15) is 92.4 Å². The first kappa shape index (κ1) is 35.3. The molecular weight excluding hydrogens is 521 g/mol. The van der Waals surface area contributed by atoms with Crippen LogP contribution in [-0.2, 0) is 28.0 Å². The molecule has 39 heavy (non-hydrogen) atoms. The molecule has 3 unspecified atom stereocenters. The molecule has 5 atom stereocenters. The third kappa shape index (κ3) is 12.1. The Morgan fingerprint density at radius 3 is 2.33 bits per heavy atom. The first-order chi connectivity index (χ1) is 18.5. The van der Waals surface area contributed by atoms with Crippen molar-refractivity contribution in [3.8, 4) is 0 Å². The maximum atomic E-state index is 13.6. The topological polar surface area (TPSA) is 143 Å². The van der Waals surface area contributed by atoms with Gasteiger partial charge in [0, 0.05) is 18.9 Å². The lowest BCUT2D eigenvalue weighted by molar-refractivity contribution is -0.132. The lowest BCUT2D eigenvalue weighted by Gasteiger charge is -2.33. The minimum Gasteiger partial charge on any atom is -0.379 e. The number of allylic oxidation sites excluding steroid dienone is 2. The molecule has 0 aromatic rings. The van der Waals surface area contributed by atoms with Crippen LogP contribution in [-0.4, -0.2) is 61.0 Å². The van der Waals surface area contributed by atoms with E-state index in [1.54, 1.807) is 13.8 Å². The maximum Gasteiger partial charge on any atom is 0.360 e. The highest BCUT2D eigenvalue weighted by Crippen LogP contribution is 2.53. The van der Waals surface area contributed by atoms with E-state index in [1.165, 1.54) is 7.05 Å². The van der Waals surface area contributed by atoms with Crippen LogP contribution in [0.25, 0.3) is 0 Å². The zero-order chi connectivity index (χ0) is 29.4. The Morgan fingerprint density at radius 2 is 1.77 bits per heavy atom. The van der Waals surface area contributed by atoms with Crippen molar-refractivity contribution in [2.45, 2.75) is 110 Å². The quantitative estimate of drug-likeness (QED) is 0.213. The van der Waals surface area contributed by atoms with E-state index in [4.69, 9.17) is 9.05 Å². The molecule has 0 bridgehead atoms. The van der Waals surface area contributed by atoms with Crippen LogP contribution >= 0.6 is 7.60 Å². The predicted molar refractivity (Wildman–Crippen MR) is 153 cm³/mol. The normalized spacial score (nSPS) is 25.9. The van der Waals surface area contributed by atoms with E-state index in [-0.39, 0.29) is 43.3 Å². The van der Waals surface area contributed by atoms with Gasteiger partial charge in [-0.25, -0.2) is 0 Å². The Bertz CT molecular complexity index is 826. The van der Waals surface area contributed by atoms with Crippen molar-refractivity contribution in [2.24, 2.45) is 17.8 Å². The molecule has 0 saturated heterocycles. The average molecular weight is 574 g/mol. The van der Waals surface area contributed by atoms with Gasteiger partial charge in [0.2, 0.25) is 17.7 Å². The standard InChI is InChI=1S/C28H52N3O7P/c1-7-15-21-16-13-11-10-12-14-17-22(25(32)29-6)19-24(28(35)39(36,37-8-2)38-9-3)31-27(34)23(18-20(4)5)30-26(21)33/h12,14,20-24,28,35H,7-11,13,15-19H2,1-6H3,(H,29,32)(H,30,33)(H,31,34)/b14-12-/t21?,22?,23-,24-,28?/m0/s1. The van der Waals surface area contributed by atoms with Crippen LogP contribution in [0.15, 0.2) is 12.2 Å². The minimum atomic E-state index is -4.05. The highest BCUT2D eigenvalue weighted by molar-refractivity contribution is 7.54. The molecule has 4 N–H and O–H groups in total. The SMILES string of the molecule is CCCC1CCCC/C=C\CC(C(=O)NC)C[C@@H](C(O)P(=O)(OCC)OCC)NC(=O)[C@H](CC(C)C)NC1=O. The fraction of sp³-hybridized carbons (Fsp3) is 0.821. The van der Waals surface area contributed by atoms with E-state index in [2.05, 4.69) is 16.0 Å². The molecule has 0 saturated carbocycles. The van der Waals surface area contributed by atoms with Crippen molar-refractivity contribution < 1.29 is 33.1 Å². The average Bonchev–Trinajstić information content (AvgIpc) is 2.88. The van der Waals surface area contributed by atoms with Crippen molar-refractivity contribution in [3.05, 3.63) is 12.2 Å². The van der Waals surface area contributed by atoms with Crippen molar-refractivity contribution >= 4 is 25.3 Å². The number of rotatable bonds is 11. The molecule has 11 heteroatoms. The number of amides is 3. The van der Waals surface area contributed by atoms with Crippen LogP contribution < -0.4 is 16.0 Å². The van der Waals surface area contributed by atoms with Crippen LogP contribution in [0.5, 0.6) is 0 Å². The lowest BCUT2D eigenvalue weighted by Crippen LogP contribution is -2.54. The summed E-state index contributed by atoms with van der Waals surface area (Å²) in [5.41, 5.74) is 0. The van der Waals surface area contributed by atoms with Gasteiger partial charge < -0.3 is 30.1 Å². The first-order valence-electron chi connectivity index (χ1n) is 14.6. The smallest absolute Gasteiger partial charge is 0.360 e. The van der Waals surface area contributed by atoms with Gasteiger partial charge >= 0.3 is 7.60 Å². The fourth-order valence-corrected chi connectivity index (χ4v) is 6.65. The zero-order valence-electron chi connectivity index (χ0n) is 24.7. The van der Waals surface area contributed by atoms with Crippen LogP contribution in [0.2, 0.25) is 0 Å². The third-order valence-corrected chi connectivity index (χ3v) is 9.14. The molecule has 1 aliphatic heterocycles. The van der Waals surface area contributed by atoms with Gasteiger partial charge in [0.1, 0.15) is 6.04 Å². The van der Waals surface area contributed by atoms with E-state index in [0.29, 0.717) is 12.8 Å². The molecule has 1 heterocycles.